The molecule has 1 N–H and O–H groups in total. The van der Waals surface area contributed by atoms with E-state index in [0.717, 1.165) is 10.5 Å². The van der Waals surface area contributed by atoms with Gasteiger partial charge in [0.15, 0.2) is 5.78 Å². The predicted octanol–water partition coefficient (Wildman–Crippen LogP) is 3.45. The van der Waals surface area contributed by atoms with Gasteiger partial charge >= 0.3 is 11.9 Å². The van der Waals surface area contributed by atoms with Gasteiger partial charge in [0.2, 0.25) is 14.9 Å². The third-order valence-electron chi connectivity index (χ3n) is 6.50. The van der Waals surface area contributed by atoms with Gasteiger partial charge < -0.3 is 9.53 Å². The van der Waals surface area contributed by atoms with Crippen molar-refractivity contribution in [1.29, 1.82) is 0 Å². The van der Waals surface area contributed by atoms with E-state index >= 15 is 0 Å². The van der Waals surface area contributed by atoms with Gasteiger partial charge in [0.1, 0.15) is 0 Å². The fraction of sp³-hybridized carbons (Fsp3) is 0.565. The molecule has 1 radical (unpaired) electrons. The zero-order valence-electron chi connectivity index (χ0n) is 19.0. The van der Waals surface area contributed by atoms with Crippen molar-refractivity contribution in [3.8, 4) is 0 Å². The van der Waals surface area contributed by atoms with Crippen molar-refractivity contribution in [1.82, 2.24) is 4.90 Å². The molecule has 1 aliphatic heterocycles. The van der Waals surface area contributed by atoms with E-state index < -0.39 is 44.7 Å². The van der Waals surface area contributed by atoms with Crippen molar-refractivity contribution in [2.45, 2.75) is 52.7 Å². The number of fused-ring (bicyclic) bond motifs is 1. The summed E-state index contributed by atoms with van der Waals surface area (Å²) in [6.07, 6.45) is 1.02. The number of hydrogen-bond donors (Lipinski definition) is 1. The summed E-state index contributed by atoms with van der Waals surface area (Å²) in [5.74, 6) is -5.36. The molecule has 1 fully saturated rings. The summed E-state index contributed by atoms with van der Waals surface area (Å²) in [6.45, 7) is 10.3. The van der Waals surface area contributed by atoms with Gasteiger partial charge in [-0.25, -0.2) is 4.79 Å². The number of nitrogens with zero attached hydrogens (tertiary/aromatic N) is 1. The van der Waals surface area contributed by atoms with Gasteiger partial charge in [-0.15, -0.1) is 0 Å². The number of imide groups is 1. The molecule has 4 atom stereocenters. The zero-order valence-corrected chi connectivity index (χ0v) is 20.7. The van der Waals surface area contributed by atoms with Crippen LogP contribution in [0.15, 0.2) is 18.2 Å². The number of benzene rings is 1. The zero-order chi connectivity index (χ0) is 24.0. The highest BCUT2D eigenvalue weighted by Crippen LogP contribution is 2.47. The lowest BCUT2D eigenvalue weighted by atomic mass is 9.61. The number of β-lactam (4-membered cyclic amide) rings is 1. The summed E-state index contributed by atoms with van der Waals surface area (Å²) in [4.78, 5) is 51.3. The number of Topliss-reactive ketones (excluding diaryl/α,β-unsaturated/α-hetero) is 1. The standard InChI is InChI=1S/C23H29ClNO6Si/c1-23(2,3)16(11-31-32(4)5)17-18(25(20(17)27)21(28)22(29)30)14-9-7-12-6-8-13(24)10-15(12)19(14)26/h6,8,10,14,16-18H,7,9,11H2,1-5H3,(H,29,30)/t14-,16+,17-,18+/m0/s1. The van der Waals surface area contributed by atoms with Gasteiger partial charge in [-0.1, -0.05) is 38.4 Å². The van der Waals surface area contributed by atoms with Crippen LogP contribution in [0.3, 0.4) is 0 Å². The average Bonchev–Trinajstić information content (AvgIpc) is 2.68. The molecule has 0 unspecified atom stereocenters. The first-order valence-electron chi connectivity index (χ1n) is 10.7. The Morgan fingerprint density at radius 2 is 1.94 bits per heavy atom. The Labute approximate surface area is 194 Å². The lowest BCUT2D eigenvalue weighted by Crippen LogP contribution is -2.71. The van der Waals surface area contributed by atoms with E-state index in [1.165, 1.54) is 0 Å². The lowest BCUT2D eigenvalue weighted by Gasteiger charge is -2.54. The number of carbonyl (C=O) groups excluding carboxylic acids is 3. The smallest absolute Gasteiger partial charge is 0.395 e. The maximum Gasteiger partial charge on any atom is 0.395 e. The minimum absolute atomic E-state index is 0.205. The van der Waals surface area contributed by atoms with E-state index in [1.807, 2.05) is 39.9 Å². The predicted molar refractivity (Wildman–Crippen MR) is 121 cm³/mol. The van der Waals surface area contributed by atoms with E-state index in [4.69, 9.17) is 16.0 Å². The molecule has 0 saturated carbocycles. The van der Waals surface area contributed by atoms with Crippen LogP contribution >= 0.6 is 11.6 Å². The number of aliphatic carboxylic acids is 1. The summed E-state index contributed by atoms with van der Waals surface area (Å²) in [7, 11) is -1.03. The number of halogens is 1. The molecule has 0 bridgehead atoms. The number of hydrogen-bond acceptors (Lipinski definition) is 5. The molecule has 1 aliphatic carbocycles. The number of ketones is 1. The molecule has 1 aromatic rings. The van der Waals surface area contributed by atoms with Gasteiger partial charge in [-0.2, -0.15) is 0 Å². The summed E-state index contributed by atoms with van der Waals surface area (Å²) >= 11 is 6.11. The Kier molecular flexibility index (Phi) is 6.98. The molecule has 173 valence electrons. The summed E-state index contributed by atoms with van der Waals surface area (Å²) in [5, 5.41) is 9.74. The molecule has 1 aromatic carbocycles. The van der Waals surface area contributed by atoms with Crippen molar-refractivity contribution in [3.05, 3.63) is 34.3 Å². The van der Waals surface area contributed by atoms with Crippen LogP contribution in [0.25, 0.3) is 0 Å². The Morgan fingerprint density at radius 1 is 1.28 bits per heavy atom. The lowest BCUT2D eigenvalue weighted by molar-refractivity contribution is -0.182. The number of amides is 2. The molecule has 0 spiro atoms. The van der Waals surface area contributed by atoms with Crippen LogP contribution in [0, 0.1) is 23.2 Å². The van der Waals surface area contributed by atoms with Crippen molar-refractivity contribution in [2.75, 3.05) is 6.61 Å². The van der Waals surface area contributed by atoms with Crippen LogP contribution in [-0.4, -0.2) is 55.3 Å². The average molecular weight is 479 g/mol. The Bertz CT molecular complexity index is 956. The first-order chi connectivity index (χ1) is 14.8. The van der Waals surface area contributed by atoms with Crippen LogP contribution in [0.2, 0.25) is 18.1 Å². The van der Waals surface area contributed by atoms with E-state index in [2.05, 4.69) is 0 Å². The molecule has 9 heteroatoms. The van der Waals surface area contributed by atoms with Crippen molar-refractivity contribution >= 4 is 44.2 Å². The summed E-state index contributed by atoms with van der Waals surface area (Å²) < 4.78 is 5.94. The van der Waals surface area contributed by atoms with Gasteiger partial charge in [-0.05, 0) is 55.0 Å². The van der Waals surface area contributed by atoms with Crippen LogP contribution in [-0.2, 0) is 25.2 Å². The molecule has 32 heavy (non-hydrogen) atoms. The molecule has 0 aromatic heterocycles. The highest BCUT2D eigenvalue weighted by Gasteiger charge is 2.61. The third kappa shape index (κ3) is 4.54. The number of rotatable bonds is 5. The van der Waals surface area contributed by atoms with Crippen LogP contribution in [0.1, 0.15) is 43.1 Å². The van der Waals surface area contributed by atoms with Gasteiger partial charge in [0.05, 0.1) is 12.0 Å². The Morgan fingerprint density at radius 3 is 2.50 bits per heavy atom. The first kappa shape index (κ1) is 24.6. The SMILES string of the molecule is C[Si](C)OC[C@H]([C@@H]1C(=O)N(C(=O)C(=O)O)[C@@H]1[C@@H]1CCc2ccc(Cl)cc2C1=O)C(C)(C)C. The Balaban J connectivity index is 2.02. The topological polar surface area (TPSA) is 101 Å². The number of carboxylic acid groups (broad SMARTS) is 1. The molecule has 2 amide bonds. The van der Waals surface area contributed by atoms with Gasteiger partial charge in [0.25, 0.3) is 0 Å². The highest BCUT2D eigenvalue weighted by atomic mass is 35.5. The second-order valence-electron chi connectivity index (χ2n) is 9.84. The quantitative estimate of drug-likeness (QED) is 0.395. The fourth-order valence-corrected chi connectivity index (χ4v) is 5.51. The maximum absolute atomic E-state index is 13.5. The molecular formula is C23H29ClNO6Si. The minimum atomic E-state index is -1.70. The minimum Gasteiger partial charge on any atom is -0.474 e. The molecule has 1 heterocycles. The van der Waals surface area contributed by atoms with Crippen LogP contribution in [0.4, 0.5) is 0 Å². The second kappa shape index (κ2) is 9.07. The van der Waals surface area contributed by atoms with E-state index in [-0.39, 0.29) is 17.1 Å². The van der Waals surface area contributed by atoms with E-state index in [9.17, 15) is 24.3 Å². The fourth-order valence-electron chi connectivity index (χ4n) is 4.82. The highest BCUT2D eigenvalue weighted by molar-refractivity contribution is 6.48. The first-order valence-corrected chi connectivity index (χ1v) is 13.5. The van der Waals surface area contributed by atoms with Gasteiger partial charge in [-0.3, -0.25) is 19.3 Å². The summed E-state index contributed by atoms with van der Waals surface area (Å²) in [5.41, 5.74) is 0.993. The van der Waals surface area contributed by atoms with Crippen molar-refractivity contribution in [3.63, 3.8) is 0 Å². The molecule has 7 nitrogen and oxygen atoms in total. The second-order valence-corrected chi connectivity index (χ2v) is 12.4. The number of carbonyl (C=O) groups is 4. The Hall–Kier alpha value is -2.03. The van der Waals surface area contributed by atoms with E-state index in [1.54, 1.807) is 12.1 Å². The largest absolute Gasteiger partial charge is 0.474 e. The van der Waals surface area contributed by atoms with Gasteiger partial charge in [0, 0.05) is 23.1 Å². The molecule has 2 aliphatic rings. The normalized spacial score (nSPS) is 24.2. The monoisotopic (exact) mass is 478 g/mol. The summed E-state index contributed by atoms with van der Waals surface area (Å²) in [6, 6.07) is 4.33. The molecular weight excluding hydrogens is 450 g/mol. The number of likely N-dealkylation sites (tertiary alicyclic amines) is 1. The third-order valence-corrected chi connectivity index (χ3v) is 7.48. The van der Waals surface area contributed by atoms with Crippen LogP contribution < -0.4 is 0 Å². The van der Waals surface area contributed by atoms with Crippen LogP contribution in [0.5, 0.6) is 0 Å². The number of aryl methyl sites for hydroxylation is 1. The van der Waals surface area contributed by atoms with Crippen molar-refractivity contribution < 1.29 is 28.7 Å². The maximum atomic E-state index is 13.5. The molecule has 1 saturated heterocycles. The molecule has 3 rings (SSSR count). The van der Waals surface area contributed by atoms with Crippen molar-refractivity contribution in [2.24, 2.45) is 23.2 Å². The number of carboxylic acids is 1. The van der Waals surface area contributed by atoms with E-state index in [0.29, 0.717) is 30.0 Å².